The van der Waals surface area contributed by atoms with Gasteiger partial charge in [-0.2, -0.15) is 0 Å². The number of nitrogens with two attached hydrogens (primary N) is 1. The maximum absolute atomic E-state index is 6.06. The zero-order valence-electron chi connectivity index (χ0n) is 10.3. The largest absolute Gasteiger partial charge is 0.330 e. The van der Waals surface area contributed by atoms with E-state index in [-0.39, 0.29) is 5.41 Å². The van der Waals surface area contributed by atoms with Gasteiger partial charge in [-0.05, 0) is 30.4 Å². The molecule has 1 aliphatic carbocycles. The van der Waals surface area contributed by atoms with E-state index in [1.54, 1.807) is 0 Å². The molecule has 0 bridgehead atoms. The molecule has 2 N–H and O–H groups in total. The van der Waals surface area contributed by atoms with Crippen molar-refractivity contribution in [2.45, 2.75) is 50.9 Å². The molecule has 1 nitrogen and oxygen atoms in total. The molecular formula is C15H23N. The van der Waals surface area contributed by atoms with E-state index >= 15 is 0 Å². The summed E-state index contributed by atoms with van der Waals surface area (Å²) in [5.41, 5.74) is 9.26. The summed E-state index contributed by atoms with van der Waals surface area (Å²) in [5, 5.41) is 0. The molecule has 0 aliphatic heterocycles. The number of benzene rings is 1. The van der Waals surface area contributed by atoms with Gasteiger partial charge in [0.05, 0.1) is 0 Å². The van der Waals surface area contributed by atoms with E-state index in [0.717, 1.165) is 13.0 Å². The lowest BCUT2D eigenvalue weighted by Gasteiger charge is -2.37. The maximum Gasteiger partial charge on any atom is 0.00756 e. The van der Waals surface area contributed by atoms with Gasteiger partial charge in [0.2, 0.25) is 0 Å². The van der Waals surface area contributed by atoms with Crippen molar-refractivity contribution in [2.24, 2.45) is 5.73 Å². The summed E-state index contributed by atoms with van der Waals surface area (Å²) in [7, 11) is 0. The highest BCUT2D eigenvalue weighted by atomic mass is 14.6. The molecule has 0 saturated heterocycles. The first-order valence-corrected chi connectivity index (χ1v) is 6.60. The summed E-state index contributed by atoms with van der Waals surface area (Å²) in [6, 6.07) is 9.06. The molecular weight excluding hydrogens is 194 g/mol. The number of hydrogen-bond acceptors (Lipinski definition) is 1. The normalized spacial score (nSPS) is 19.6. The summed E-state index contributed by atoms with van der Waals surface area (Å²) in [5.74, 6) is 0. The smallest absolute Gasteiger partial charge is 0.00756 e. The Hall–Kier alpha value is -0.820. The van der Waals surface area contributed by atoms with Crippen molar-refractivity contribution in [3.63, 3.8) is 0 Å². The van der Waals surface area contributed by atoms with Gasteiger partial charge < -0.3 is 5.73 Å². The van der Waals surface area contributed by atoms with Gasteiger partial charge in [-0.25, -0.2) is 0 Å². The molecule has 0 spiro atoms. The predicted molar refractivity (Wildman–Crippen MR) is 69.6 cm³/mol. The fourth-order valence-corrected chi connectivity index (χ4v) is 2.96. The monoisotopic (exact) mass is 217 g/mol. The SMILES string of the molecule is CCc1cccc(C2(CN)CCCCC2)c1. The summed E-state index contributed by atoms with van der Waals surface area (Å²) in [6.45, 7) is 3.02. The van der Waals surface area contributed by atoms with Crippen LogP contribution in [0.5, 0.6) is 0 Å². The van der Waals surface area contributed by atoms with Crippen LogP contribution < -0.4 is 5.73 Å². The Morgan fingerprint density at radius 1 is 1.19 bits per heavy atom. The zero-order chi connectivity index (χ0) is 11.4. The van der Waals surface area contributed by atoms with Crippen LogP contribution in [0.3, 0.4) is 0 Å². The number of aryl methyl sites for hydroxylation is 1. The van der Waals surface area contributed by atoms with Crippen LogP contribution in [0.15, 0.2) is 24.3 Å². The fraction of sp³-hybridized carbons (Fsp3) is 0.600. The Morgan fingerprint density at radius 2 is 1.94 bits per heavy atom. The van der Waals surface area contributed by atoms with Gasteiger partial charge in [0, 0.05) is 12.0 Å². The Bertz CT molecular complexity index is 337. The molecule has 1 heteroatoms. The Morgan fingerprint density at radius 3 is 2.56 bits per heavy atom. The van der Waals surface area contributed by atoms with E-state index in [1.807, 2.05) is 0 Å². The van der Waals surface area contributed by atoms with Gasteiger partial charge >= 0.3 is 0 Å². The van der Waals surface area contributed by atoms with Crippen LogP contribution >= 0.6 is 0 Å². The zero-order valence-corrected chi connectivity index (χ0v) is 10.3. The predicted octanol–water partition coefficient (Wildman–Crippen LogP) is 3.41. The third kappa shape index (κ3) is 2.15. The molecule has 1 saturated carbocycles. The molecule has 1 aromatic carbocycles. The highest BCUT2D eigenvalue weighted by Gasteiger charge is 2.32. The Labute approximate surface area is 99.0 Å². The Kier molecular flexibility index (Phi) is 3.65. The molecule has 0 atom stereocenters. The lowest BCUT2D eigenvalue weighted by Crippen LogP contribution is -2.37. The lowest BCUT2D eigenvalue weighted by atomic mass is 9.69. The third-order valence-electron chi connectivity index (χ3n) is 4.15. The van der Waals surface area contributed by atoms with Gasteiger partial charge in [0.15, 0.2) is 0 Å². The van der Waals surface area contributed by atoms with Crippen molar-refractivity contribution in [1.29, 1.82) is 0 Å². The topological polar surface area (TPSA) is 26.0 Å². The molecule has 16 heavy (non-hydrogen) atoms. The minimum absolute atomic E-state index is 0.281. The molecule has 0 aromatic heterocycles. The quantitative estimate of drug-likeness (QED) is 0.825. The van der Waals surface area contributed by atoms with Crippen LogP contribution in [0.1, 0.15) is 50.2 Å². The van der Waals surface area contributed by atoms with Crippen LogP contribution in [-0.4, -0.2) is 6.54 Å². The average Bonchev–Trinajstić information content (AvgIpc) is 2.39. The minimum atomic E-state index is 0.281. The Balaban J connectivity index is 2.31. The number of hydrogen-bond donors (Lipinski definition) is 1. The second-order valence-corrected chi connectivity index (χ2v) is 5.10. The molecule has 1 aromatic rings. The standard InChI is InChI=1S/C15H23N/c1-2-13-7-6-8-14(11-13)15(12-16)9-4-3-5-10-15/h6-8,11H,2-5,9-10,12,16H2,1H3. The second kappa shape index (κ2) is 5.01. The summed E-state index contributed by atoms with van der Waals surface area (Å²) >= 11 is 0. The van der Waals surface area contributed by atoms with Crippen molar-refractivity contribution in [3.8, 4) is 0 Å². The minimum Gasteiger partial charge on any atom is -0.330 e. The van der Waals surface area contributed by atoms with Crippen LogP contribution in [0.25, 0.3) is 0 Å². The van der Waals surface area contributed by atoms with E-state index in [0.29, 0.717) is 0 Å². The van der Waals surface area contributed by atoms with Crippen molar-refractivity contribution >= 4 is 0 Å². The average molecular weight is 217 g/mol. The lowest BCUT2D eigenvalue weighted by molar-refractivity contribution is 0.300. The van der Waals surface area contributed by atoms with Gasteiger partial charge in [-0.15, -0.1) is 0 Å². The van der Waals surface area contributed by atoms with Crippen LogP contribution in [0, 0.1) is 0 Å². The van der Waals surface area contributed by atoms with Crippen LogP contribution in [0.4, 0.5) is 0 Å². The van der Waals surface area contributed by atoms with Gasteiger partial charge in [0.25, 0.3) is 0 Å². The summed E-state index contributed by atoms with van der Waals surface area (Å²) in [6.07, 6.45) is 7.73. The van der Waals surface area contributed by atoms with Crippen molar-refractivity contribution in [3.05, 3.63) is 35.4 Å². The van der Waals surface area contributed by atoms with Crippen molar-refractivity contribution in [2.75, 3.05) is 6.54 Å². The molecule has 0 heterocycles. The number of rotatable bonds is 3. The fourth-order valence-electron chi connectivity index (χ4n) is 2.96. The molecule has 2 rings (SSSR count). The van der Waals surface area contributed by atoms with Crippen LogP contribution in [0.2, 0.25) is 0 Å². The highest BCUT2D eigenvalue weighted by molar-refractivity contribution is 5.31. The van der Waals surface area contributed by atoms with Crippen molar-refractivity contribution in [1.82, 2.24) is 0 Å². The molecule has 88 valence electrons. The summed E-state index contributed by atoms with van der Waals surface area (Å²) in [4.78, 5) is 0. The molecule has 1 aliphatic rings. The van der Waals surface area contributed by atoms with Crippen molar-refractivity contribution < 1.29 is 0 Å². The molecule has 0 amide bonds. The van der Waals surface area contributed by atoms with E-state index in [1.165, 1.54) is 43.2 Å². The van der Waals surface area contributed by atoms with Gasteiger partial charge in [-0.3, -0.25) is 0 Å². The first-order valence-electron chi connectivity index (χ1n) is 6.60. The van der Waals surface area contributed by atoms with E-state index in [4.69, 9.17) is 5.73 Å². The maximum atomic E-state index is 6.06. The van der Waals surface area contributed by atoms with E-state index in [2.05, 4.69) is 31.2 Å². The molecule has 0 unspecified atom stereocenters. The first kappa shape index (κ1) is 11.7. The van der Waals surface area contributed by atoms with E-state index < -0.39 is 0 Å². The van der Waals surface area contributed by atoms with Crippen LogP contribution in [-0.2, 0) is 11.8 Å². The van der Waals surface area contributed by atoms with Gasteiger partial charge in [-0.1, -0.05) is 50.5 Å². The summed E-state index contributed by atoms with van der Waals surface area (Å²) < 4.78 is 0. The van der Waals surface area contributed by atoms with E-state index in [9.17, 15) is 0 Å². The second-order valence-electron chi connectivity index (χ2n) is 5.10. The molecule has 1 fully saturated rings. The van der Waals surface area contributed by atoms with Gasteiger partial charge in [0.1, 0.15) is 0 Å². The third-order valence-corrected chi connectivity index (χ3v) is 4.15. The highest BCUT2D eigenvalue weighted by Crippen LogP contribution is 2.38. The first-order chi connectivity index (χ1) is 7.80. The molecule has 0 radical (unpaired) electrons.